The van der Waals surface area contributed by atoms with Crippen molar-refractivity contribution in [1.82, 2.24) is 10.3 Å². The minimum Gasteiger partial charge on any atom is -0.441 e. The first-order valence-corrected chi connectivity index (χ1v) is 8.71. The van der Waals surface area contributed by atoms with E-state index < -0.39 is 0 Å². The average Bonchev–Trinajstić information content (AvgIpc) is 2.95. The van der Waals surface area contributed by atoms with Crippen molar-refractivity contribution < 1.29 is 9.21 Å². The van der Waals surface area contributed by atoms with E-state index in [2.05, 4.69) is 21.7 Å². The van der Waals surface area contributed by atoms with E-state index in [1.165, 1.54) is 31.3 Å². The number of benzene rings is 1. The molecule has 0 fully saturated rings. The SMILES string of the molecule is Cc1nc2cc(N[C@H](C)C(=O)NCCC3=CCCCC3)ccc2o1. The zero-order chi connectivity index (χ0) is 16.9. The molecule has 1 heterocycles. The number of nitrogens with one attached hydrogen (secondary N) is 2. The van der Waals surface area contributed by atoms with E-state index >= 15 is 0 Å². The Labute approximate surface area is 142 Å². The minimum absolute atomic E-state index is 0.0165. The molecule has 0 saturated heterocycles. The number of carbonyl (C=O) groups is 1. The van der Waals surface area contributed by atoms with Gasteiger partial charge in [-0.25, -0.2) is 4.98 Å². The molecule has 1 aliphatic rings. The molecule has 2 N–H and O–H groups in total. The summed E-state index contributed by atoms with van der Waals surface area (Å²) < 4.78 is 5.46. The number of carbonyl (C=O) groups excluding carboxylic acids is 1. The number of hydrogen-bond acceptors (Lipinski definition) is 4. The topological polar surface area (TPSA) is 67.2 Å². The standard InChI is InChI=1S/C19H25N3O2/c1-13(19(23)20-11-10-15-6-4-3-5-7-15)21-16-8-9-18-17(12-16)22-14(2)24-18/h6,8-9,12-13,21H,3-5,7,10-11H2,1-2H3,(H,20,23)/t13-/m1/s1. The van der Waals surface area contributed by atoms with Crippen molar-refractivity contribution in [3.8, 4) is 0 Å². The van der Waals surface area contributed by atoms with Gasteiger partial charge in [0.25, 0.3) is 0 Å². The van der Waals surface area contributed by atoms with Gasteiger partial charge in [0.1, 0.15) is 11.6 Å². The average molecular weight is 327 g/mol. The second-order valence-electron chi connectivity index (χ2n) is 6.43. The number of nitrogens with zero attached hydrogens (tertiary/aromatic N) is 1. The molecule has 0 aliphatic heterocycles. The van der Waals surface area contributed by atoms with Crippen molar-refractivity contribution in [3.05, 3.63) is 35.7 Å². The van der Waals surface area contributed by atoms with Crippen LogP contribution in [0.3, 0.4) is 0 Å². The monoisotopic (exact) mass is 327 g/mol. The van der Waals surface area contributed by atoms with Crippen molar-refractivity contribution in [2.45, 2.75) is 52.0 Å². The molecule has 1 aromatic heterocycles. The Bertz CT molecular complexity index is 748. The summed E-state index contributed by atoms with van der Waals surface area (Å²) in [5.41, 5.74) is 3.91. The lowest BCUT2D eigenvalue weighted by Gasteiger charge is -2.16. The molecule has 3 rings (SSSR count). The fourth-order valence-corrected chi connectivity index (χ4v) is 3.08. The number of hydrogen-bond donors (Lipinski definition) is 2. The van der Waals surface area contributed by atoms with Crippen LogP contribution in [0.2, 0.25) is 0 Å². The molecule has 0 saturated carbocycles. The Balaban J connectivity index is 1.50. The lowest BCUT2D eigenvalue weighted by atomic mass is 9.97. The van der Waals surface area contributed by atoms with Crippen molar-refractivity contribution in [1.29, 1.82) is 0 Å². The molecule has 0 bridgehead atoms. The van der Waals surface area contributed by atoms with Gasteiger partial charge < -0.3 is 15.1 Å². The predicted molar refractivity (Wildman–Crippen MR) is 96.0 cm³/mol. The Hall–Kier alpha value is -2.30. The Morgan fingerprint density at radius 2 is 2.25 bits per heavy atom. The molecule has 0 radical (unpaired) electrons. The molecule has 24 heavy (non-hydrogen) atoms. The van der Waals surface area contributed by atoms with Gasteiger partial charge in [-0.2, -0.15) is 0 Å². The van der Waals surface area contributed by atoms with Crippen LogP contribution in [0.5, 0.6) is 0 Å². The zero-order valence-electron chi connectivity index (χ0n) is 14.4. The first-order chi connectivity index (χ1) is 11.6. The normalized spacial score (nSPS) is 15.8. The van der Waals surface area contributed by atoms with Crippen LogP contribution in [-0.2, 0) is 4.79 Å². The van der Waals surface area contributed by atoms with Crippen LogP contribution in [-0.4, -0.2) is 23.5 Å². The van der Waals surface area contributed by atoms with Crippen LogP contribution in [0.25, 0.3) is 11.1 Å². The molecule has 128 valence electrons. The van der Waals surface area contributed by atoms with E-state index in [-0.39, 0.29) is 11.9 Å². The van der Waals surface area contributed by atoms with E-state index in [1.54, 1.807) is 0 Å². The summed E-state index contributed by atoms with van der Waals surface area (Å²) in [7, 11) is 0. The van der Waals surface area contributed by atoms with Crippen molar-refractivity contribution >= 4 is 22.7 Å². The first kappa shape index (κ1) is 16.6. The van der Waals surface area contributed by atoms with E-state index in [0.29, 0.717) is 12.4 Å². The second kappa shape index (κ2) is 7.51. The number of rotatable bonds is 6. The molecule has 0 spiro atoms. The highest BCUT2D eigenvalue weighted by molar-refractivity contribution is 5.85. The van der Waals surface area contributed by atoms with Gasteiger partial charge in [-0.1, -0.05) is 11.6 Å². The molecular weight excluding hydrogens is 302 g/mol. The van der Waals surface area contributed by atoms with Gasteiger partial charge in [0.15, 0.2) is 11.5 Å². The summed E-state index contributed by atoms with van der Waals surface area (Å²) in [5, 5.41) is 6.24. The summed E-state index contributed by atoms with van der Waals surface area (Å²) in [4.78, 5) is 16.5. The molecule has 1 aromatic carbocycles. The number of fused-ring (bicyclic) bond motifs is 1. The highest BCUT2D eigenvalue weighted by Crippen LogP contribution is 2.21. The number of amides is 1. The van der Waals surface area contributed by atoms with Crippen LogP contribution in [0, 0.1) is 6.92 Å². The predicted octanol–water partition coefficient (Wildman–Crippen LogP) is 3.94. The van der Waals surface area contributed by atoms with Gasteiger partial charge in [-0.3, -0.25) is 4.79 Å². The van der Waals surface area contributed by atoms with Gasteiger partial charge in [-0.05, 0) is 57.2 Å². The van der Waals surface area contributed by atoms with E-state index in [0.717, 1.165) is 23.2 Å². The van der Waals surface area contributed by atoms with Crippen molar-refractivity contribution in [2.75, 3.05) is 11.9 Å². The maximum atomic E-state index is 12.2. The fraction of sp³-hybridized carbons (Fsp3) is 0.474. The van der Waals surface area contributed by atoms with E-state index in [9.17, 15) is 4.79 Å². The Morgan fingerprint density at radius 3 is 3.04 bits per heavy atom. The number of oxazole rings is 1. The zero-order valence-corrected chi connectivity index (χ0v) is 14.4. The molecule has 5 nitrogen and oxygen atoms in total. The van der Waals surface area contributed by atoms with Crippen LogP contribution in [0.15, 0.2) is 34.3 Å². The maximum Gasteiger partial charge on any atom is 0.242 e. The molecule has 1 amide bonds. The molecule has 2 aromatic rings. The summed E-state index contributed by atoms with van der Waals surface area (Å²) in [6, 6.07) is 5.39. The van der Waals surface area contributed by atoms with E-state index in [4.69, 9.17) is 4.42 Å². The minimum atomic E-state index is -0.296. The Morgan fingerprint density at radius 1 is 1.38 bits per heavy atom. The third kappa shape index (κ3) is 4.16. The molecule has 1 aliphatic carbocycles. The van der Waals surface area contributed by atoms with Gasteiger partial charge in [0, 0.05) is 19.2 Å². The van der Waals surface area contributed by atoms with Crippen LogP contribution < -0.4 is 10.6 Å². The number of aromatic nitrogens is 1. The highest BCUT2D eigenvalue weighted by Gasteiger charge is 2.13. The van der Waals surface area contributed by atoms with Gasteiger partial charge in [0.2, 0.25) is 5.91 Å². The smallest absolute Gasteiger partial charge is 0.242 e. The third-order valence-electron chi connectivity index (χ3n) is 4.40. The second-order valence-corrected chi connectivity index (χ2v) is 6.43. The van der Waals surface area contributed by atoms with Gasteiger partial charge in [0.05, 0.1) is 0 Å². The quantitative estimate of drug-likeness (QED) is 0.789. The summed E-state index contributed by atoms with van der Waals surface area (Å²) in [6.45, 7) is 4.40. The summed E-state index contributed by atoms with van der Waals surface area (Å²) in [6.07, 6.45) is 8.23. The van der Waals surface area contributed by atoms with E-state index in [1.807, 2.05) is 32.0 Å². The Kier molecular flexibility index (Phi) is 5.18. The lowest BCUT2D eigenvalue weighted by molar-refractivity contribution is -0.121. The molecule has 0 unspecified atom stereocenters. The van der Waals surface area contributed by atoms with Gasteiger partial charge >= 0.3 is 0 Å². The maximum absolute atomic E-state index is 12.2. The van der Waals surface area contributed by atoms with Crippen LogP contribution >= 0.6 is 0 Å². The number of aryl methyl sites for hydroxylation is 1. The van der Waals surface area contributed by atoms with Crippen LogP contribution in [0.1, 0.15) is 44.9 Å². The number of allylic oxidation sites excluding steroid dienone is 1. The fourth-order valence-electron chi connectivity index (χ4n) is 3.08. The highest BCUT2D eigenvalue weighted by atomic mass is 16.3. The molecular formula is C19H25N3O2. The van der Waals surface area contributed by atoms with Gasteiger partial charge in [-0.15, -0.1) is 0 Å². The number of anilines is 1. The molecule has 5 heteroatoms. The lowest BCUT2D eigenvalue weighted by Crippen LogP contribution is -2.38. The van der Waals surface area contributed by atoms with Crippen molar-refractivity contribution in [3.63, 3.8) is 0 Å². The largest absolute Gasteiger partial charge is 0.441 e. The third-order valence-corrected chi connectivity index (χ3v) is 4.40. The summed E-state index contributed by atoms with van der Waals surface area (Å²) >= 11 is 0. The van der Waals surface area contributed by atoms with Crippen molar-refractivity contribution in [2.24, 2.45) is 0 Å². The van der Waals surface area contributed by atoms with Crippen LogP contribution in [0.4, 0.5) is 5.69 Å². The molecule has 1 atom stereocenters. The first-order valence-electron chi connectivity index (χ1n) is 8.71. The summed E-state index contributed by atoms with van der Waals surface area (Å²) in [5.74, 6) is 0.660.